The smallest absolute Gasteiger partial charge is 0.117 e. The van der Waals surface area contributed by atoms with Gasteiger partial charge in [-0.1, -0.05) is 30.3 Å². The second kappa shape index (κ2) is 5.66. The van der Waals surface area contributed by atoms with Crippen molar-refractivity contribution >= 4 is 0 Å². The van der Waals surface area contributed by atoms with Gasteiger partial charge in [0, 0.05) is 25.2 Å². The third kappa shape index (κ3) is 2.63. The van der Waals surface area contributed by atoms with Gasteiger partial charge in [0.25, 0.3) is 0 Å². The molecule has 3 heterocycles. The summed E-state index contributed by atoms with van der Waals surface area (Å²) in [4.78, 5) is 5.27. The van der Waals surface area contributed by atoms with E-state index in [1.165, 1.54) is 24.9 Å². The molecule has 0 amide bonds. The van der Waals surface area contributed by atoms with E-state index in [0.717, 1.165) is 31.4 Å². The summed E-state index contributed by atoms with van der Waals surface area (Å²) in [6, 6.07) is 16.2. The first-order chi connectivity index (χ1) is 10.4. The Kier molecular flexibility index (Phi) is 3.53. The Bertz CT molecular complexity index is 566. The zero-order valence-corrected chi connectivity index (χ0v) is 12.3. The van der Waals surface area contributed by atoms with Crippen LogP contribution in [0.5, 0.6) is 0 Å². The molecule has 110 valence electrons. The van der Waals surface area contributed by atoms with Crippen molar-refractivity contribution in [1.29, 1.82) is 0 Å². The van der Waals surface area contributed by atoms with E-state index < -0.39 is 0 Å². The molecule has 21 heavy (non-hydrogen) atoms. The first kappa shape index (κ1) is 13.1. The normalized spacial score (nSPS) is 26.9. The Hall–Kier alpha value is -1.58. The van der Waals surface area contributed by atoms with E-state index in [4.69, 9.17) is 4.42 Å². The number of rotatable bonds is 3. The first-order valence-corrected chi connectivity index (χ1v) is 7.95. The van der Waals surface area contributed by atoms with E-state index in [9.17, 15) is 0 Å². The Morgan fingerprint density at radius 2 is 1.95 bits per heavy atom. The van der Waals surface area contributed by atoms with Crippen LogP contribution in [0.3, 0.4) is 0 Å². The predicted octanol–water partition coefficient (Wildman–Crippen LogP) is 3.30. The highest BCUT2D eigenvalue weighted by Crippen LogP contribution is 2.33. The lowest BCUT2D eigenvalue weighted by Crippen LogP contribution is -2.51. The van der Waals surface area contributed by atoms with Gasteiger partial charge in [0.05, 0.1) is 12.8 Å². The molecule has 2 atom stereocenters. The quantitative estimate of drug-likeness (QED) is 0.861. The molecule has 0 N–H and O–H groups in total. The van der Waals surface area contributed by atoms with E-state index in [1.807, 2.05) is 6.07 Å². The monoisotopic (exact) mass is 282 g/mol. The molecule has 2 fully saturated rings. The fourth-order valence-corrected chi connectivity index (χ4v) is 3.85. The first-order valence-electron chi connectivity index (χ1n) is 7.95. The average molecular weight is 282 g/mol. The maximum absolute atomic E-state index is 5.58. The maximum Gasteiger partial charge on any atom is 0.117 e. The molecule has 2 unspecified atom stereocenters. The van der Waals surface area contributed by atoms with Crippen LogP contribution in [0.4, 0.5) is 0 Å². The highest BCUT2D eigenvalue weighted by molar-refractivity contribution is 5.21. The van der Waals surface area contributed by atoms with Gasteiger partial charge in [-0.3, -0.25) is 9.80 Å². The Morgan fingerprint density at radius 3 is 2.76 bits per heavy atom. The van der Waals surface area contributed by atoms with Gasteiger partial charge in [0.15, 0.2) is 0 Å². The summed E-state index contributed by atoms with van der Waals surface area (Å²) in [5.41, 5.74) is 1.43. The average Bonchev–Trinajstić information content (AvgIpc) is 3.18. The summed E-state index contributed by atoms with van der Waals surface area (Å²) >= 11 is 0. The van der Waals surface area contributed by atoms with Crippen molar-refractivity contribution in [3.8, 4) is 0 Å². The summed E-state index contributed by atoms with van der Waals surface area (Å²) in [5, 5.41) is 0. The summed E-state index contributed by atoms with van der Waals surface area (Å²) in [6.45, 7) is 4.48. The van der Waals surface area contributed by atoms with Crippen LogP contribution in [0.1, 0.15) is 30.2 Å². The van der Waals surface area contributed by atoms with Gasteiger partial charge >= 0.3 is 0 Å². The lowest BCUT2D eigenvalue weighted by atomic mass is 9.99. The molecule has 1 aromatic heterocycles. The molecule has 3 nitrogen and oxygen atoms in total. The van der Waals surface area contributed by atoms with Crippen LogP contribution in [0.25, 0.3) is 0 Å². The highest BCUT2D eigenvalue weighted by Gasteiger charge is 2.36. The lowest BCUT2D eigenvalue weighted by molar-refractivity contribution is 0.0403. The van der Waals surface area contributed by atoms with Gasteiger partial charge in [-0.15, -0.1) is 0 Å². The van der Waals surface area contributed by atoms with Crippen molar-refractivity contribution in [2.24, 2.45) is 0 Å². The van der Waals surface area contributed by atoms with E-state index in [0.29, 0.717) is 6.04 Å². The molecule has 4 rings (SSSR count). The highest BCUT2D eigenvalue weighted by atomic mass is 16.3. The molecule has 2 saturated heterocycles. The van der Waals surface area contributed by atoms with Gasteiger partial charge in [0.1, 0.15) is 5.76 Å². The Morgan fingerprint density at radius 1 is 1.05 bits per heavy atom. The topological polar surface area (TPSA) is 19.6 Å². The third-order valence-electron chi connectivity index (χ3n) is 4.92. The Labute approximate surface area is 126 Å². The van der Waals surface area contributed by atoms with E-state index >= 15 is 0 Å². The van der Waals surface area contributed by atoms with Crippen LogP contribution in [0.2, 0.25) is 0 Å². The molecule has 3 heteroatoms. The van der Waals surface area contributed by atoms with Crippen molar-refractivity contribution in [1.82, 2.24) is 9.80 Å². The van der Waals surface area contributed by atoms with Crippen LogP contribution in [0.15, 0.2) is 53.1 Å². The largest absolute Gasteiger partial charge is 0.468 e. The number of furan rings is 1. The SMILES string of the molecule is c1ccc(C2CN3CCCC3CN2Cc2ccco2)cc1. The van der Waals surface area contributed by atoms with Crippen molar-refractivity contribution in [2.75, 3.05) is 19.6 Å². The van der Waals surface area contributed by atoms with Gasteiger partial charge in [0.2, 0.25) is 0 Å². The van der Waals surface area contributed by atoms with Crippen molar-refractivity contribution in [3.05, 3.63) is 60.1 Å². The minimum atomic E-state index is 0.477. The second-order valence-corrected chi connectivity index (χ2v) is 6.23. The van der Waals surface area contributed by atoms with Crippen LogP contribution < -0.4 is 0 Å². The zero-order chi connectivity index (χ0) is 14.1. The molecule has 0 bridgehead atoms. The van der Waals surface area contributed by atoms with Crippen LogP contribution >= 0.6 is 0 Å². The van der Waals surface area contributed by atoms with Crippen molar-refractivity contribution in [3.63, 3.8) is 0 Å². The molecule has 2 aromatic rings. The number of piperazine rings is 1. The van der Waals surface area contributed by atoms with E-state index in [1.54, 1.807) is 6.26 Å². The molecule has 0 aliphatic carbocycles. The number of hydrogen-bond acceptors (Lipinski definition) is 3. The standard InChI is InChI=1S/C18H22N2O/c1-2-6-15(7-3-1)18-14-19-10-4-8-16(19)12-20(18)13-17-9-5-11-21-17/h1-3,5-7,9,11,16,18H,4,8,10,12-14H2. The fourth-order valence-electron chi connectivity index (χ4n) is 3.85. The van der Waals surface area contributed by atoms with E-state index in [-0.39, 0.29) is 0 Å². The number of nitrogens with zero attached hydrogens (tertiary/aromatic N) is 2. The van der Waals surface area contributed by atoms with E-state index in [2.05, 4.69) is 46.2 Å². The minimum Gasteiger partial charge on any atom is -0.468 e. The lowest BCUT2D eigenvalue weighted by Gasteiger charge is -2.43. The summed E-state index contributed by atoms with van der Waals surface area (Å²) in [6.07, 6.45) is 4.47. The molecule has 2 aliphatic heterocycles. The molecule has 0 spiro atoms. The molecule has 2 aliphatic rings. The van der Waals surface area contributed by atoms with Gasteiger partial charge in [-0.25, -0.2) is 0 Å². The van der Waals surface area contributed by atoms with Gasteiger partial charge in [-0.05, 0) is 37.1 Å². The summed E-state index contributed by atoms with van der Waals surface area (Å²) < 4.78 is 5.58. The number of fused-ring (bicyclic) bond motifs is 1. The second-order valence-electron chi connectivity index (χ2n) is 6.23. The molecule has 0 radical (unpaired) electrons. The van der Waals surface area contributed by atoms with Crippen LogP contribution in [-0.2, 0) is 6.54 Å². The van der Waals surface area contributed by atoms with Crippen LogP contribution in [0, 0.1) is 0 Å². The van der Waals surface area contributed by atoms with Gasteiger partial charge in [-0.2, -0.15) is 0 Å². The molecular weight excluding hydrogens is 260 g/mol. The predicted molar refractivity (Wildman–Crippen MR) is 82.9 cm³/mol. The maximum atomic E-state index is 5.58. The fraction of sp³-hybridized carbons (Fsp3) is 0.444. The zero-order valence-electron chi connectivity index (χ0n) is 12.3. The minimum absolute atomic E-state index is 0.477. The molecule has 1 aromatic carbocycles. The molecule has 0 saturated carbocycles. The van der Waals surface area contributed by atoms with Crippen molar-refractivity contribution in [2.45, 2.75) is 31.5 Å². The summed E-state index contributed by atoms with van der Waals surface area (Å²) in [7, 11) is 0. The third-order valence-corrected chi connectivity index (χ3v) is 4.92. The number of benzene rings is 1. The summed E-state index contributed by atoms with van der Waals surface area (Å²) in [5.74, 6) is 1.07. The van der Waals surface area contributed by atoms with Crippen LogP contribution in [-0.4, -0.2) is 35.5 Å². The van der Waals surface area contributed by atoms with Gasteiger partial charge < -0.3 is 4.42 Å². The van der Waals surface area contributed by atoms with Crippen molar-refractivity contribution < 1.29 is 4.42 Å². The Balaban J connectivity index is 1.60. The molecular formula is C18H22N2O. The number of hydrogen-bond donors (Lipinski definition) is 0.